The zero-order valence-corrected chi connectivity index (χ0v) is 13.1. The zero-order chi connectivity index (χ0) is 17.6. The average molecular weight is 338 g/mol. The fraction of sp³-hybridized carbons (Fsp3) is 0.0526. The van der Waals surface area contributed by atoms with Gasteiger partial charge in [0.25, 0.3) is 5.91 Å². The fourth-order valence-corrected chi connectivity index (χ4v) is 2.27. The SMILES string of the molecule is O=C(O[C@@H](C(=O)Nc1ccc(F)cc1)c1ccccc1)c1ccc[nH]1. The molecule has 25 heavy (non-hydrogen) atoms. The van der Waals surface area contributed by atoms with Crippen molar-refractivity contribution in [2.45, 2.75) is 6.10 Å². The Kier molecular flexibility index (Phi) is 4.89. The van der Waals surface area contributed by atoms with E-state index in [4.69, 9.17) is 4.74 Å². The Hall–Kier alpha value is -3.41. The number of esters is 1. The minimum absolute atomic E-state index is 0.246. The number of aromatic amines is 1. The van der Waals surface area contributed by atoms with E-state index in [0.29, 0.717) is 11.3 Å². The Bertz CT molecular complexity index is 846. The molecular formula is C19H15FN2O3. The van der Waals surface area contributed by atoms with E-state index in [0.717, 1.165) is 0 Å². The first kappa shape index (κ1) is 16.4. The highest BCUT2D eigenvalue weighted by Crippen LogP contribution is 2.21. The number of aromatic nitrogens is 1. The van der Waals surface area contributed by atoms with Gasteiger partial charge >= 0.3 is 5.97 Å². The average Bonchev–Trinajstić information content (AvgIpc) is 3.17. The summed E-state index contributed by atoms with van der Waals surface area (Å²) in [7, 11) is 0. The van der Waals surface area contributed by atoms with Gasteiger partial charge in [0, 0.05) is 17.4 Å². The van der Waals surface area contributed by atoms with Crippen molar-refractivity contribution in [2.24, 2.45) is 0 Å². The van der Waals surface area contributed by atoms with Gasteiger partial charge in [0.15, 0.2) is 0 Å². The number of hydrogen-bond acceptors (Lipinski definition) is 3. The van der Waals surface area contributed by atoms with Crippen LogP contribution in [0.4, 0.5) is 10.1 Å². The summed E-state index contributed by atoms with van der Waals surface area (Å²) in [4.78, 5) is 27.6. The van der Waals surface area contributed by atoms with Gasteiger partial charge in [-0.25, -0.2) is 9.18 Å². The number of amides is 1. The predicted octanol–water partition coefficient (Wildman–Crippen LogP) is 3.69. The first-order valence-electron chi connectivity index (χ1n) is 7.59. The molecular weight excluding hydrogens is 323 g/mol. The third kappa shape index (κ3) is 4.11. The molecule has 0 fully saturated rings. The molecule has 1 atom stereocenters. The lowest BCUT2D eigenvalue weighted by Gasteiger charge is -2.17. The van der Waals surface area contributed by atoms with Gasteiger partial charge < -0.3 is 15.0 Å². The van der Waals surface area contributed by atoms with Crippen molar-refractivity contribution in [3.63, 3.8) is 0 Å². The number of hydrogen-bond donors (Lipinski definition) is 2. The van der Waals surface area contributed by atoms with E-state index >= 15 is 0 Å². The molecule has 126 valence electrons. The first-order chi connectivity index (χ1) is 12.1. The molecule has 2 N–H and O–H groups in total. The summed E-state index contributed by atoms with van der Waals surface area (Å²) in [5, 5.41) is 2.63. The molecule has 1 amide bonds. The molecule has 6 heteroatoms. The van der Waals surface area contributed by atoms with E-state index in [-0.39, 0.29) is 5.69 Å². The Morgan fingerprint density at radius 2 is 1.68 bits per heavy atom. The van der Waals surface area contributed by atoms with Crippen LogP contribution in [0.5, 0.6) is 0 Å². The molecule has 0 aliphatic rings. The Labute approximate surface area is 143 Å². The number of carbonyl (C=O) groups excluding carboxylic acids is 2. The van der Waals surface area contributed by atoms with Crippen molar-refractivity contribution in [2.75, 3.05) is 5.32 Å². The molecule has 0 aliphatic heterocycles. The van der Waals surface area contributed by atoms with Crippen LogP contribution in [0.25, 0.3) is 0 Å². The fourth-order valence-electron chi connectivity index (χ4n) is 2.27. The van der Waals surface area contributed by atoms with Gasteiger partial charge in [-0.05, 0) is 36.4 Å². The van der Waals surface area contributed by atoms with Crippen LogP contribution in [-0.4, -0.2) is 16.9 Å². The molecule has 2 aromatic carbocycles. The maximum Gasteiger partial charge on any atom is 0.355 e. The summed E-state index contributed by atoms with van der Waals surface area (Å²) in [5.74, 6) is -1.58. The zero-order valence-electron chi connectivity index (χ0n) is 13.1. The van der Waals surface area contributed by atoms with Crippen LogP contribution in [0.1, 0.15) is 22.2 Å². The van der Waals surface area contributed by atoms with Crippen molar-refractivity contribution >= 4 is 17.6 Å². The molecule has 0 spiro atoms. The summed E-state index contributed by atoms with van der Waals surface area (Å²) in [6.45, 7) is 0. The highest BCUT2D eigenvalue weighted by atomic mass is 19.1. The van der Waals surface area contributed by atoms with Gasteiger partial charge in [-0.1, -0.05) is 30.3 Å². The highest BCUT2D eigenvalue weighted by molar-refractivity contribution is 5.97. The van der Waals surface area contributed by atoms with Gasteiger partial charge in [-0.15, -0.1) is 0 Å². The smallest absolute Gasteiger partial charge is 0.355 e. The quantitative estimate of drug-likeness (QED) is 0.697. The van der Waals surface area contributed by atoms with E-state index in [1.165, 1.54) is 24.3 Å². The number of rotatable bonds is 5. The van der Waals surface area contributed by atoms with Crippen molar-refractivity contribution in [1.29, 1.82) is 0 Å². The molecule has 0 bridgehead atoms. The monoisotopic (exact) mass is 338 g/mol. The molecule has 0 aliphatic carbocycles. The van der Waals surface area contributed by atoms with Crippen molar-refractivity contribution in [3.05, 3.63) is 90.0 Å². The lowest BCUT2D eigenvalue weighted by Crippen LogP contribution is -2.26. The van der Waals surface area contributed by atoms with Crippen molar-refractivity contribution in [1.82, 2.24) is 4.98 Å². The first-order valence-corrected chi connectivity index (χ1v) is 7.59. The number of halogens is 1. The normalized spacial score (nSPS) is 11.6. The summed E-state index contributed by atoms with van der Waals surface area (Å²) in [6.07, 6.45) is 0.453. The number of ether oxygens (including phenoxy) is 1. The Morgan fingerprint density at radius 3 is 2.32 bits per heavy atom. The topological polar surface area (TPSA) is 71.2 Å². The van der Waals surface area contributed by atoms with Crippen LogP contribution in [0.15, 0.2) is 72.9 Å². The van der Waals surface area contributed by atoms with Gasteiger partial charge in [0.2, 0.25) is 6.10 Å². The molecule has 3 aromatic rings. The van der Waals surface area contributed by atoms with Gasteiger partial charge in [0.05, 0.1) is 0 Å². The van der Waals surface area contributed by atoms with E-state index in [2.05, 4.69) is 10.3 Å². The lowest BCUT2D eigenvalue weighted by molar-refractivity contribution is -0.125. The molecule has 0 unspecified atom stereocenters. The van der Waals surface area contributed by atoms with Crippen LogP contribution in [0.3, 0.4) is 0 Å². The van der Waals surface area contributed by atoms with E-state index in [1.54, 1.807) is 48.7 Å². The summed E-state index contributed by atoms with van der Waals surface area (Å²) in [6, 6.07) is 17.2. The maximum absolute atomic E-state index is 13.0. The minimum Gasteiger partial charge on any atom is -0.443 e. The lowest BCUT2D eigenvalue weighted by atomic mass is 10.1. The van der Waals surface area contributed by atoms with E-state index in [9.17, 15) is 14.0 Å². The molecule has 5 nitrogen and oxygen atoms in total. The van der Waals surface area contributed by atoms with E-state index < -0.39 is 23.8 Å². The van der Waals surface area contributed by atoms with Crippen LogP contribution < -0.4 is 5.32 Å². The summed E-state index contributed by atoms with van der Waals surface area (Å²) in [5.41, 5.74) is 1.18. The van der Waals surface area contributed by atoms with Crippen LogP contribution in [0, 0.1) is 5.82 Å². The molecule has 1 heterocycles. The maximum atomic E-state index is 13.0. The van der Waals surface area contributed by atoms with Gasteiger partial charge in [0.1, 0.15) is 11.5 Å². The molecule has 0 saturated heterocycles. The molecule has 1 aromatic heterocycles. The summed E-state index contributed by atoms with van der Waals surface area (Å²) < 4.78 is 18.4. The highest BCUT2D eigenvalue weighted by Gasteiger charge is 2.26. The molecule has 0 saturated carbocycles. The minimum atomic E-state index is -1.14. The largest absolute Gasteiger partial charge is 0.443 e. The van der Waals surface area contributed by atoms with Crippen LogP contribution in [0.2, 0.25) is 0 Å². The van der Waals surface area contributed by atoms with Gasteiger partial charge in [-0.3, -0.25) is 4.79 Å². The number of carbonyl (C=O) groups is 2. The number of nitrogens with one attached hydrogen (secondary N) is 2. The van der Waals surface area contributed by atoms with Gasteiger partial charge in [-0.2, -0.15) is 0 Å². The van der Waals surface area contributed by atoms with Crippen molar-refractivity contribution < 1.29 is 18.7 Å². The Morgan fingerprint density at radius 1 is 0.960 bits per heavy atom. The molecule has 3 rings (SSSR count). The number of anilines is 1. The second-order valence-electron chi connectivity index (χ2n) is 5.28. The molecule has 0 radical (unpaired) electrons. The summed E-state index contributed by atoms with van der Waals surface area (Å²) >= 11 is 0. The second kappa shape index (κ2) is 7.44. The van der Waals surface area contributed by atoms with Crippen molar-refractivity contribution in [3.8, 4) is 0 Å². The number of benzene rings is 2. The third-order valence-electron chi connectivity index (χ3n) is 3.49. The van der Waals surface area contributed by atoms with E-state index in [1.807, 2.05) is 0 Å². The Balaban J connectivity index is 1.81. The third-order valence-corrected chi connectivity index (χ3v) is 3.49. The van der Waals surface area contributed by atoms with Crippen LogP contribution >= 0.6 is 0 Å². The second-order valence-corrected chi connectivity index (χ2v) is 5.28. The number of H-pyrrole nitrogens is 1. The predicted molar refractivity (Wildman–Crippen MR) is 90.4 cm³/mol. The standard InChI is InChI=1S/C19H15FN2O3/c20-14-8-10-15(11-9-14)22-18(23)17(13-5-2-1-3-6-13)25-19(24)16-7-4-12-21-16/h1-12,17,21H,(H,22,23)/t17-/m1/s1. The van der Waals surface area contributed by atoms with Crippen LogP contribution in [-0.2, 0) is 9.53 Å².